The quantitative estimate of drug-likeness (QED) is 0.248. The minimum Gasteiger partial charge on any atom is -0.282 e. The first-order valence-electron chi connectivity index (χ1n) is 10.1. The summed E-state index contributed by atoms with van der Waals surface area (Å²) in [5, 5.41) is 1.68. The number of thiophene rings is 1. The molecule has 0 bridgehead atoms. The fourth-order valence-corrected chi connectivity index (χ4v) is 5.58. The van der Waals surface area contributed by atoms with E-state index in [0.29, 0.717) is 11.2 Å². The Kier molecular flexibility index (Phi) is 5.34. The molecule has 31 heavy (non-hydrogen) atoms. The SMILES string of the molecule is Cc1ccc(Cn2c(SCc3cccc(C)c3)nc3c(sc4ncccc43)c2=O)cc1. The van der Waals surface area contributed by atoms with Gasteiger partial charge in [0.05, 0.1) is 12.1 Å². The Morgan fingerprint density at radius 3 is 2.61 bits per heavy atom. The number of aromatic nitrogens is 3. The van der Waals surface area contributed by atoms with Gasteiger partial charge in [-0.1, -0.05) is 71.4 Å². The van der Waals surface area contributed by atoms with Gasteiger partial charge in [0.25, 0.3) is 5.56 Å². The van der Waals surface area contributed by atoms with Gasteiger partial charge in [0.1, 0.15) is 9.53 Å². The van der Waals surface area contributed by atoms with Crippen LogP contribution in [-0.2, 0) is 12.3 Å². The van der Waals surface area contributed by atoms with Crippen LogP contribution < -0.4 is 5.56 Å². The molecule has 0 N–H and O–H groups in total. The third-order valence-electron chi connectivity index (χ3n) is 5.23. The van der Waals surface area contributed by atoms with E-state index in [1.807, 2.05) is 16.7 Å². The van der Waals surface area contributed by atoms with Crippen LogP contribution in [0.2, 0.25) is 0 Å². The Morgan fingerprint density at radius 2 is 1.81 bits per heavy atom. The molecular weight excluding hydrogens is 422 g/mol. The predicted molar refractivity (Wildman–Crippen MR) is 130 cm³/mol. The average molecular weight is 444 g/mol. The number of hydrogen-bond acceptors (Lipinski definition) is 5. The molecule has 4 nitrogen and oxygen atoms in total. The molecule has 0 saturated heterocycles. The van der Waals surface area contributed by atoms with E-state index >= 15 is 0 Å². The lowest BCUT2D eigenvalue weighted by atomic mass is 10.1. The van der Waals surface area contributed by atoms with Crippen molar-refractivity contribution in [1.82, 2.24) is 14.5 Å². The van der Waals surface area contributed by atoms with Gasteiger partial charge in [0.15, 0.2) is 5.16 Å². The lowest BCUT2D eigenvalue weighted by molar-refractivity contribution is 0.659. The van der Waals surface area contributed by atoms with Gasteiger partial charge in [-0.3, -0.25) is 9.36 Å². The normalized spacial score (nSPS) is 11.4. The van der Waals surface area contributed by atoms with E-state index in [-0.39, 0.29) is 5.56 Å². The highest BCUT2D eigenvalue weighted by atomic mass is 32.2. The molecule has 6 heteroatoms. The lowest BCUT2D eigenvalue weighted by Gasteiger charge is -2.13. The zero-order chi connectivity index (χ0) is 21.4. The highest BCUT2D eigenvalue weighted by Gasteiger charge is 2.17. The number of benzene rings is 2. The Hall–Kier alpha value is -2.96. The van der Waals surface area contributed by atoms with Crippen molar-refractivity contribution in [1.29, 1.82) is 0 Å². The Bertz CT molecular complexity index is 1450. The van der Waals surface area contributed by atoms with Crippen LogP contribution in [0.25, 0.3) is 20.4 Å². The number of hydrogen-bond donors (Lipinski definition) is 0. The van der Waals surface area contributed by atoms with Crippen LogP contribution in [0.4, 0.5) is 0 Å². The second kappa shape index (κ2) is 8.29. The van der Waals surface area contributed by atoms with Gasteiger partial charge in [0, 0.05) is 17.3 Å². The molecule has 5 rings (SSSR count). The highest BCUT2D eigenvalue weighted by molar-refractivity contribution is 7.98. The summed E-state index contributed by atoms with van der Waals surface area (Å²) in [5.41, 5.74) is 5.50. The summed E-state index contributed by atoms with van der Waals surface area (Å²) in [7, 11) is 0. The molecule has 3 aromatic heterocycles. The number of nitrogens with zero attached hydrogens (tertiary/aromatic N) is 3. The summed E-state index contributed by atoms with van der Waals surface area (Å²) >= 11 is 3.03. The molecule has 0 fully saturated rings. The first-order chi connectivity index (χ1) is 15.1. The van der Waals surface area contributed by atoms with Gasteiger partial charge in [0.2, 0.25) is 0 Å². The van der Waals surface area contributed by atoms with Crippen LogP contribution >= 0.6 is 23.1 Å². The van der Waals surface area contributed by atoms with Crippen molar-refractivity contribution in [3.05, 3.63) is 99.5 Å². The Labute approximate surface area is 188 Å². The van der Waals surface area contributed by atoms with Crippen molar-refractivity contribution in [3.63, 3.8) is 0 Å². The van der Waals surface area contributed by atoms with Crippen LogP contribution in [0.3, 0.4) is 0 Å². The monoisotopic (exact) mass is 443 g/mol. The molecule has 0 aliphatic heterocycles. The molecule has 5 aromatic rings. The van der Waals surface area contributed by atoms with Gasteiger partial charge < -0.3 is 0 Å². The molecule has 0 atom stereocenters. The minimum absolute atomic E-state index is 0.000294. The maximum atomic E-state index is 13.5. The van der Waals surface area contributed by atoms with Gasteiger partial charge >= 0.3 is 0 Å². The number of rotatable bonds is 5. The summed E-state index contributed by atoms with van der Waals surface area (Å²) in [6.45, 7) is 4.66. The second-order valence-electron chi connectivity index (χ2n) is 7.68. The Morgan fingerprint density at radius 1 is 0.968 bits per heavy atom. The minimum atomic E-state index is 0.000294. The summed E-state index contributed by atoms with van der Waals surface area (Å²) in [6, 6.07) is 20.7. The van der Waals surface area contributed by atoms with Crippen LogP contribution in [0, 0.1) is 13.8 Å². The number of fused-ring (bicyclic) bond motifs is 3. The van der Waals surface area contributed by atoms with Crippen molar-refractivity contribution >= 4 is 43.5 Å². The third-order valence-corrected chi connectivity index (χ3v) is 7.37. The van der Waals surface area contributed by atoms with E-state index in [9.17, 15) is 4.79 Å². The van der Waals surface area contributed by atoms with E-state index in [1.165, 1.54) is 28.0 Å². The maximum Gasteiger partial charge on any atom is 0.272 e. The van der Waals surface area contributed by atoms with E-state index < -0.39 is 0 Å². The topological polar surface area (TPSA) is 47.8 Å². The number of pyridine rings is 1. The van der Waals surface area contributed by atoms with Crippen LogP contribution in [0.1, 0.15) is 22.3 Å². The summed E-state index contributed by atoms with van der Waals surface area (Å²) in [4.78, 5) is 23.8. The molecule has 154 valence electrons. The van der Waals surface area contributed by atoms with Crippen molar-refractivity contribution in [3.8, 4) is 0 Å². The molecular formula is C25H21N3OS2. The van der Waals surface area contributed by atoms with Crippen molar-refractivity contribution < 1.29 is 0 Å². The molecule has 0 spiro atoms. The summed E-state index contributed by atoms with van der Waals surface area (Å²) in [6.07, 6.45) is 1.76. The van der Waals surface area contributed by atoms with E-state index in [4.69, 9.17) is 4.98 Å². The van der Waals surface area contributed by atoms with Gasteiger partial charge in [-0.25, -0.2) is 9.97 Å². The van der Waals surface area contributed by atoms with Crippen LogP contribution in [-0.4, -0.2) is 14.5 Å². The zero-order valence-corrected chi connectivity index (χ0v) is 19.0. The molecule has 2 aromatic carbocycles. The number of thioether (sulfide) groups is 1. The molecule has 0 aliphatic rings. The fourth-order valence-electron chi connectivity index (χ4n) is 3.62. The first kappa shape index (κ1) is 20.0. The average Bonchev–Trinajstić information content (AvgIpc) is 3.15. The fraction of sp³-hybridized carbons (Fsp3) is 0.160. The highest BCUT2D eigenvalue weighted by Crippen LogP contribution is 2.31. The van der Waals surface area contributed by atoms with Crippen LogP contribution in [0.15, 0.2) is 76.8 Å². The van der Waals surface area contributed by atoms with Gasteiger partial charge in [-0.05, 0) is 37.1 Å². The summed E-state index contributed by atoms with van der Waals surface area (Å²) < 4.78 is 2.48. The molecule has 0 aliphatic carbocycles. The van der Waals surface area contributed by atoms with Crippen molar-refractivity contribution in [2.45, 2.75) is 31.3 Å². The van der Waals surface area contributed by atoms with Gasteiger partial charge in [-0.15, -0.1) is 11.3 Å². The maximum absolute atomic E-state index is 13.5. The smallest absolute Gasteiger partial charge is 0.272 e. The van der Waals surface area contributed by atoms with Crippen molar-refractivity contribution in [2.75, 3.05) is 0 Å². The third kappa shape index (κ3) is 4.01. The van der Waals surface area contributed by atoms with Crippen LogP contribution in [0.5, 0.6) is 0 Å². The van der Waals surface area contributed by atoms with Gasteiger partial charge in [-0.2, -0.15) is 0 Å². The number of aryl methyl sites for hydroxylation is 2. The molecule has 0 amide bonds. The first-order valence-corrected chi connectivity index (χ1v) is 11.9. The lowest BCUT2D eigenvalue weighted by Crippen LogP contribution is -2.23. The van der Waals surface area contributed by atoms with E-state index in [0.717, 1.165) is 32.2 Å². The van der Waals surface area contributed by atoms with E-state index in [2.05, 4.69) is 67.4 Å². The Balaban J connectivity index is 1.63. The summed E-state index contributed by atoms with van der Waals surface area (Å²) in [5.74, 6) is 0.758. The predicted octanol–water partition coefficient (Wildman–Crippen LogP) is 5.96. The molecule has 0 radical (unpaired) electrons. The second-order valence-corrected chi connectivity index (χ2v) is 9.63. The molecule has 0 unspecified atom stereocenters. The largest absolute Gasteiger partial charge is 0.282 e. The molecule has 3 heterocycles. The standard InChI is InChI=1S/C25H21N3OS2/c1-16-8-10-18(11-9-16)14-28-24(29)22-21(20-7-4-12-26-23(20)31-22)27-25(28)30-15-19-6-3-5-17(2)13-19/h3-13H,14-15H2,1-2H3. The van der Waals surface area contributed by atoms with E-state index in [1.54, 1.807) is 18.0 Å². The zero-order valence-electron chi connectivity index (χ0n) is 17.3. The van der Waals surface area contributed by atoms with Crippen molar-refractivity contribution in [2.24, 2.45) is 0 Å². The molecule has 0 saturated carbocycles.